The van der Waals surface area contributed by atoms with Crippen LogP contribution in [0.25, 0.3) is 0 Å². The predicted molar refractivity (Wildman–Crippen MR) is 79.4 cm³/mol. The molecule has 0 saturated heterocycles. The van der Waals surface area contributed by atoms with E-state index < -0.39 is 0 Å². The molecule has 108 valence electrons. The van der Waals surface area contributed by atoms with Crippen LogP contribution in [0.3, 0.4) is 0 Å². The fourth-order valence-corrected chi connectivity index (χ4v) is 5.63. The molecule has 0 spiro atoms. The van der Waals surface area contributed by atoms with Crippen molar-refractivity contribution in [3.8, 4) is 11.5 Å². The normalized spacial score (nSPS) is 38.0. The SMILES string of the molecule is COc1ccc(C23CC4CC(CC(C4)C2)C3)cc1OC. The fraction of sp³-hybridized carbons (Fsp3) is 0.667. The van der Waals surface area contributed by atoms with E-state index in [2.05, 4.69) is 18.2 Å². The van der Waals surface area contributed by atoms with Gasteiger partial charge in [0, 0.05) is 0 Å². The van der Waals surface area contributed by atoms with E-state index in [4.69, 9.17) is 9.47 Å². The lowest BCUT2D eigenvalue weighted by Crippen LogP contribution is -2.48. The Morgan fingerprint density at radius 1 is 0.850 bits per heavy atom. The molecule has 4 aliphatic rings. The molecular weight excluding hydrogens is 248 g/mol. The van der Waals surface area contributed by atoms with Gasteiger partial charge in [-0.2, -0.15) is 0 Å². The zero-order chi connectivity index (χ0) is 13.7. The molecule has 1 aromatic rings. The van der Waals surface area contributed by atoms with Crippen molar-refractivity contribution in [3.05, 3.63) is 23.8 Å². The van der Waals surface area contributed by atoms with Crippen molar-refractivity contribution >= 4 is 0 Å². The molecule has 0 radical (unpaired) electrons. The average molecular weight is 272 g/mol. The molecule has 0 N–H and O–H groups in total. The maximum Gasteiger partial charge on any atom is 0.161 e. The third-order valence-corrected chi connectivity index (χ3v) is 6.03. The van der Waals surface area contributed by atoms with Gasteiger partial charge >= 0.3 is 0 Å². The highest BCUT2D eigenvalue weighted by Crippen LogP contribution is 2.61. The molecule has 4 saturated carbocycles. The molecular formula is C18H24O2. The third-order valence-electron chi connectivity index (χ3n) is 6.03. The van der Waals surface area contributed by atoms with Crippen molar-refractivity contribution in [1.82, 2.24) is 0 Å². The van der Waals surface area contributed by atoms with Crippen LogP contribution in [0, 0.1) is 17.8 Å². The van der Waals surface area contributed by atoms with Crippen molar-refractivity contribution in [2.45, 2.75) is 43.9 Å². The van der Waals surface area contributed by atoms with Crippen LogP contribution in [0.15, 0.2) is 18.2 Å². The maximum absolute atomic E-state index is 5.52. The number of hydrogen-bond donors (Lipinski definition) is 0. The molecule has 4 bridgehead atoms. The van der Waals surface area contributed by atoms with Crippen molar-refractivity contribution < 1.29 is 9.47 Å². The second kappa shape index (κ2) is 4.41. The lowest BCUT2D eigenvalue weighted by molar-refractivity contribution is -0.00528. The maximum atomic E-state index is 5.52. The summed E-state index contributed by atoms with van der Waals surface area (Å²) in [5.74, 6) is 4.68. The number of rotatable bonds is 3. The number of benzene rings is 1. The first-order valence-electron chi connectivity index (χ1n) is 7.95. The molecule has 0 heterocycles. The van der Waals surface area contributed by atoms with Crippen LogP contribution in [0.5, 0.6) is 11.5 Å². The molecule has 20 heavy (non-hydrogen) atoms. The van der Waals surface area contributed by atoms with E-state index in [1.54, 1.807) is 14.2 Å². The van der Waals surface area contributed by atoms with Crippen molar-refractivity contribution in [1.29, 1.82) is 0 Å². The van der Waals surface area contributed by atoms with E-state index >= 15 is 0 Å². The van der Waals surface area contributed by atoms with Gasteiger partial charge in [-0.1, -0.05) is 6.07 Å². The summed E-state index contributed by atoms with van der Waals surface area (Å²) in [4.78, 5) is 0. The largest absolute Gasteiger partial charge is 0.493 e. The van der Waals surface area contributed by atoms with Crippen molar-refractivity contribution in [2.75, 3.05) is 14.2 Å². The molecule has 2 nitrogen and oxygen atoms in total. The molecule has 0 aliphatic heterocycles. The van der Waals surface area contributed by atoms with E-state index in [0.29, 0.717) is 5.41 Å². The Kier molecular flexibility index (Phi) is 2.77. The molecule has 0 aromatic heterocycles. The van der Waals surface area contributed by atoms with Gasteiger partial charge in [0.25, 0.3) is 0 Å². The van der Waals surface area contributed by atoms with Crippen LogP contribution < -0.4 is 9.47 Å². The Bertz CT molecular complexity index is 485. The van der Waals surface area contributed by atoms with Gasteiger partial charge in [0.2, 0.25) is 0 Å². The summed E-state index contributed by atoms with van der Waals surface area (Å²) in [6, 6.07) is 6.62. The zero-order valence-corrected chi connectivity index (χ0v) is 12.5. The van der Waals surface area contributed by atoms with E-state index in [-0.39, 0.29) is 0 Å². The van der Waals surface area contributed by atoms with Gasteiger partial charge in [0.1, 0.15) is 0 Å². The topological polar surface area (TPSA) is 18.5 Å². The molecule has 4 aliphatic carbocycles. The second-order valence-electron chi connectivity index (χ2n) is 7.27. The number of methoxy groups -OCH3 is 2. The van der Waals surface area contributed by atoms with Crippen molar-refractivity contribution in [3.63, 3.8) is 0 Å². The lowest BCUT2D eigenvalue weighted by Gasteiger charge is -2.57. The van der Waals surface area contributed by atoms with Gasteiger partial charge in [0.05, 0.1) is 14.2 Å². The van der Waals surface area contributed by atoms with Crippen molar-refractivity contribution in [2.24, 2.45) is 17.8 Å². The fourth-order valence-electron chi connectivity index (χ4n) is 5.63. The number of ether oxygens (including phenoxy) is 2. The van der Waals surface area contributed by atoms with Gasteiger partial charge < -0.3 is 9.47 Å². The molecule has 0 unspecified atom stereocenters. The second-order valence-corrected chi connectivity index (χ2v) is 7.27. The minimum absolute atomic E-state index is 0.439. The summed E-state index contributed by atoms with van der Waals surface area (Å²) < 4.78 is 10.9. The molecule has 5 rings (SSSR count). The smallest absolute Gasteiger partial charge is 0.161 e. The zero-order valence-electron chi connectivity index (χ0n) is 12.5. The van der Waals surface area contributed by atoms with Gasteiger partial charge in [-0.05, 0) is 79.4 Å². The van der Waals surface area contributed by atoms with Crippen LogP contribution in [0.2, 0.25) is 0 Å². The minimum atomic E-state index is 0.439. The Balaban J connectivity index is 1.73. The predicted octanol–water partition coefficient (Wildman–Crippen LogP) is 4.17. The summed E-state index contributed by atoms with van der Waals surface area (Å²) in [6.07, 6.45) is 8.67. The minimum Gasteiger partial charge on any atom is -0.493 e. The Labute approximate surface area is 121 Å². The van der Waals surface area contributed by atoms with Crippen LogP contribution in [-0.4, -0.2) is 14.2 Å². The molecule has 2 heteroatoms. The standard InChI is InChI=1S/C18H24O2/c1-19-16-4-3-15(8-17(16)20-2)18-9-12-5-13(10-18)7-14(6-12)11-18/h3-4,8,12-14H,5-7,9-11H2,1-2H3. The van der Waals surface area contributed by atoms with E-state index in [0.717, 1.165) is 29.3 Å². The van der Waals surface area contributed by atoms with Gasteiger partial charge in [-0.25, -0.2) is 0 Å². The van der Waals surface area contributed by atoms with Crippen LogP contribution >= 0.6 is 0 Å². The molecule has 0 amide bonds. The Morgan fingerprint density at radius 2 is 1.40 bits per heavy atom. The van der Waals surface area contributed by atoms with E-state index in [1.807, 2.05) is 0 Å². The van der Waals surface area contributed by atoms with Crippen LogP contribution in [-0.2, 0) is 5.41 Å². The number of hydrogen-bond acceptors (Lipinski definition) is 2. The Hall–Kier alpha value is -1.18. The van der Waals surface area contributed by atoms with Gasteiger partial charge in [0.15, 0.2) is 11.5 Å². The Morgan fingerprint density at radius 3 is 1.90 bits per heavy atom. The highest BCUT2D eigenvalue weighted by Gasteiger charge is 2.51. The quantitative estimate of drug-likeness (QED) is 0.822. The summed E-state index contributed by atoms with van der Waals surface area (Å²) in [5, 5.41) is 0. The summed E-state index contributed by atoms with van der Waals surface area (Å²) in [7, 11) is 3.45. The van der Waals surface area contributed by atoms with E-state index in [9.17, 15) is 0 Å². The monoisotopic (exact) mass is 272 g/mol. The summed E-state index contributed by atoms with van der Waals surface area (Å²) in [6.45, 7) is 0. The average Bonchev–Trinajstić information content (AvgIpc) is 2.45. The lowest BCUT2D eigenvalue weighted by atomic mass is 9.48. The first-order valence-corrected chi connectivity index (χ1v) is 7.95. The van der Waals surface area contributed by atoms with Crippen LogP contribution in [0.1, 0.15) is 44.1 Å². The molecule has 0 atom stereocenters. The first kappa shape index (κ1) is 12.6. The molecule has 1 aromatic carbocycles. The third kappa shape index (κ3) is 1.77. The van der Waals surface area contributed by atoms with Gasteiger partial charge in [-0.3, -0.25) is 0 Å². The van der Waals surface area contributed by atoms with E-state index in [1.165, 1.54) is 44.1 Å². The van der Waals surface area contributed by atoms with Crippen LogP contribution in [0.4, 0.5) is 0 Å². The molecule has 4 fully saturated rings. The highest BCUT2D eigenvalue weighted by molar-refractivity contribution is 5.46. The summed E-state index contributed by atoms with van der Waals surface area (Å²) in [5.41, 5.74) is 1.93. The highest BCUT2D eigenvalue weighted by atomic mass is 16.5. The summed E-state index contributed by atoms with van der Waals surface area (Å²) >= 11 is 0. The first-order chi connectivity index (χ1) is 9.72. The van der Waals surface area contributed by atoms with Gasteiger partial charge in [-0.15, -0.1) is 0 Å².